The minimum atomic E-state index is -0.0139. The first kappa shape index (κ1) is 11.5. The molecule has 0 bridgehead atoms. The molecule has 0 radical (unpaired) electrons. The van der Waals surface area contributed by atoms with Crippen molar-refractivity contribution in [3.05, 3.63) is 0 Å². The highest BCUT2D eigenvalue weighted by Gasteiger charge is 2.44. The molecule has 0 fully saturated rings. The Balaban J connectivity index is 4.75. The minimum absolute atomic E-state index is 0.0139. The first-order valence-electron chi connectivity index (χ1n) is 4.19. The first-order chi connectivity index (χ1) is 4.50. The Hall–Kier alpha value is 0.507. The number of halogens is 1. The zero-order chi connectivity index (χ0) is 9.50. The van der Waals surface area contributed by atoms with Crippen LogP contribution in [0.25, 0.3) is 0 Å². The normalized spacial score (nSPS) is 15.5. The third kappa shape index (κ3) is 2.22. The van der Waals surface area contributed by atoms with Crippen molar-refractivity contribution in [2.24, 2.45) is 10.8 Å². The molecule has 0 N–H and O–H groups in total. The highest BCUT2D eigenvalue weighted by molar-refractivity contribution is 6.45. The maximum absolute atomic E-state index is 6.55. The zero-order valence-electron chi connectivity index (χ0n) is 8.88. The maximum atomic E-state index is 6.55. The van der Waals surface area contributed by atoms with Gasteiger partial charge >= 0.3 is 0 Å². The standard InChI is InChI=1S/C9H21ClSi/c1-7(2,3)9(10,11)8(4,5)6/h1-6,11H3. The monoisotopic (exact) mass is 192 g/mol. The minimum Gasteiger partial charge on any atom is -0.123 e. The molecule has 11 heavy (non-hydrogen) atoms. The van der Waals surface area contributed by atoms with Crippen molar-refractivity contribution in [1.82, 2.24) is 0 Å². The number of alkyl halides is 1. The van der Waals surface area contributed by atoms with Crippen LogP contribution in [-0.4, -0.2) is 14.7 Å². The average Bonchev–Trinajstić information content (AvgIpc) is 1.58. The molecule has 0 unspecified atom stereocenters. The summed E-state index contributed by atoms with van der Waals surface area (Å²) in [5.74, 6) is 0. The van der Waals surface area contributed by atoms with E-state index in [9.17, 15) is 0 Å². The fraction of sp³-hybridized carbons (Fsp3) is 1.00. The molecule has 0 amide bonds. The summed E-state index contributed by atoms with van der Waals surface area (Å²) in [5, 5.41) is 0. The van der Waals surface area contributed by atoms with Crippen molar-refractivity contribution in [2.45, 2.75) is 46.0 Å². The topological polar surface area (TPSA) is 0 Å². The van der Waals surface area contributed by atoms with Crippen molar-refractivity contribution >= 4 is 21.8 Å². The predicted molar refractivity (Wildman–Crippen MR) is 57.4 cm³/mol. The number of hydrogen-bond acceptors (Lipinski definition) is 0. The van der Waals surface area contributed by atoms with Gasteiger partial charge in [0.25, 0.3) is 0 Å². The fourth-order valence-electron chi connectivity index (χ4n) is 1.12. The van der Waals surface area contributed by atoms with Gasteiger partial charge in [0.15, 0.2) is 0 Å². The van der Waals surface area contributed by atoms with E-state index in [1.807, 2.05) is 0 Å². The van der Waals surface area contributed by atoms with Crippen LogP contribution >= 0.6 is 11.6 Å². The van der Waals surface area contributed by atoms with Crippen molar-refractivity contribution < 1.29 is 0 Å². The van der Waals surface area contributed by atoms with Gasteiger partial charge in [0.05, 0.1) is 0 Å². The lowest BCUT2D eigenvalue weighted by molar-refractivity contribution is 0.207. The van der Waals surface area contributed by atoms with Gasteiger partial charge in [-0.25, -0.2) is 0 Å². The van der Waals surface area contributed by atoms with Crippen LogP contribution in [0.1, 0.15) is 41.5 Å². The van der Waals surface area contributed by atoms with E-state index in [1.165, 1.54) is 0 Å². The van der Waals surface area contributed by atoms with Gasteiger partial charge in [-0.1, -0.05) is 41.5 Å². The molecule has 68 valence electrons. The van der Waals surface area contributed by atoms with E-state index in [0.717, 1.165) is 10.2 Å². The third-order valence-electron chi connectivity index (χ3n) is 2.82. The van der Waals surface area contributed by atoms with Crippen molar-refractivity contribution in [1.29, 1.82) is 0 Å². The summed E-state index contributed by atoms with van der Waals surface area (Å²) < 4.78 is -0.0139. The summed E-state index contributed by atoms with van der Waals surface area (Å²) in [6.45, 7) is 13.3. The molecule has 0 rings (SSSR count). The van der Waals surface area contributed by atoms with Gasteiger partial charge in [-0.3, -0.25) is 0 Å². The Morgan fingerprint density at radius 1 is 0.818 bits per heavy atom. The first-order valence-corrected chi connectivity index (χ1v) is 5.57. The lowest BCUT2D eigenvalue weighted by Crippen LogP contribution is -2.48. The molecule has 0 atom stereocenters. The van der Waals surface area contributed by atoms with Crippen LogP contribution in [-0.2, 0) is 0 Å². The quantitative estimate of drug-likeness (QED) is 0.409. The molecular weight excluding hydrogens is 172 g/mol. The lowest BCUT2D eigenvalue weighted by Gasteiger charge is -2.46. The molecule has 0 aromatic carbocycles. The Kier molecular flexibility index (Phi) is 2.90. The molecule has 0 aliphatic carbocycles. The van der Waals surface area contributed by atoms with Crippen LogP contribution in [0.2, 0.25) is 0 Å². The second-order valence-corrected chi connectivity index (χ2v) is 8.39. The van der Waals surface area contributed by atoms with Gasteiger partial charge < -0.3 is 0 Å². The van der Waals surface area contributed by atoms with E-state index in [2.05, 4.69) is 41.5 Å². The van der Waals surface area contributed by atoms with E-state index >= 15 is 0 Å². The van der Waals surface area contributed by atoms with E-state index < -0.39 is 0 Å². The molecule has 0 saturated carbocycles. The Bertz CT molecular complexity index is 121. The summed E-state index contributed by atoms with van der Waals surface area (Å²) in [6, 6.07) is 0. The molecule has 0 aliphatic rings. The molecule has 2 heteroatoms. The van der Waals surface area contributed by atoms with Crippen LogP contribution < -0.4 is 0 Å². The van der Waals surface area contributed by atoms with Crippen LogP contribution in [0, 0.1) is 10.8 Å². The van der Waals surface area contributed by atoms with Crippen LogP contribution in [0.15, 0.2) is 0 Å². The van der Waals surface area contributed by atoms with E-state index in [4.69, 9.17) is 11.6 Å². The Morgan fingerprint density at radius 2 is 1.00 bits per heavy atom. The summed E-state index contributed by atoms with van der Waals surface area (Å²) in [7, 11) is 1.03. The highest BCUT2D eigenvalue weighted by atomic mass is 35.5. The summed E-state index contributed by atoms with van der Waals surface area (Å²) in [4.78, 5) is 0. The van der Waals surface area contributed by atoms with Gasteiger partial charge in [-0.2, -0.15) is 0 Å². The van der Waals surface area contributed by atoms with Gasteiger partial charge in [0.1, 0.15) is 0 Å². The second kappa shape index (κ2) is 2.77. The van der Waals surface area contributed by atoms with Crippen molar-refractivity contribution in [3.63, 3.8) is 0 Å². The van der Waals surface area contributed by atoms with Gasteiger partial charge in [-0.15, -0.1) is 11.6 Å². The van der Waals surface area contributed by atoms with Gasteiger partial charge in [0, 0.05) is 14.7 Å². The zero-order valence-corrected chi connectivity index (χ0v) is 11.6. The summed E-state index contributed by atoms with van der Waals surface area (Å²) in [6.07, 6.45) is 0. The van der Waals surface area contributed by atoms with Crippen molar-refractivity contribution in [3.8, 4) is 0 Å². The van der Waals surface area contributed by atoms with E-state index in [0.29, 0.717) is 0 Å². The molecular formula is C9H21ClSi. The highest BCUT2D eigenvalue weighted by Crippen LogP contribution is 2.46. The van der Waals surface area contributed by atoms with E-state index in [1.54, 1.807) is 0 Å². The smallest absolute Gasteiger partial charge is 0.0367 e. The van der Waals surface area contributed by atoms with E-state index in [-0.39, 0.29) is 15.3 Å². The van der Waals surface area contributed by atoms with Crippen molar-refractivity contribution in [2.75, 3.05) is 0 Å². The largest absolute Gasteiger partial charge is 0.123 e. The molecule has 0 spiro atoms. The molecule has 0 saturated heterocycles. The number of hydrogen-bond donors (Lipinski definition) is 0. The summed E-state index contributed by atoms with van der Waals surface area (Å²) >= 11 is 6.55. The predicted octanol–water partition coefficient (Wildman–Crippen LogP) is 2.38. The SMILES string of the molecule is CC(C)(C)C([SiH3])(Cl)C(C)(C)C. The van der Waals surface area contributed by atoms with Crippen LogP contribution in [0.5, 0.6) is 0 Å². The number of rotatable bonds is 0. The fourth-order valence-corrected chi connectivity index (χ4v) is 1.12. The van der Waals surface area contributed by atoms with Gasteiger partial charge in [-0.05, 0) is 10.8 Å². The van der Waals surface area contributed by atoms with Crippen LogP contribution in [0.3, 0.4) is 0 Å². The molecule has 0 aliphatic heterocycles. The summed E-state index contributed by atoms with van der Waals surface area (Å²) in [5.41, 5.74) is 0.415. The third-order valence-corrected chi connectivity index (χ3v) is 6.95. The second-order valence-electron chi connectivity index (χ2n) is 5.50. The van der Waals surface area contributed by atoms with Crippen LogP contribution in [0.4, 0.5) is 0 Å². The average molecular weight is 193 g/mol. The Morgan fingerprint density at radius 3 is 1.00 bits per heavy atom. The lowest BCUT2D eigenvalue weighted by atomic mass is 9.76. The molecule has 0 heterocycles. The molecule has 0 nitrogen and oxygen atoms in total. The molecule has 0 aromatic rings. The maximum Gasteiger partial charge on any atom is 0.0367 e. The molecule has 0 aromatic heterocycles. The Labute approximate surface area is 79.1 Å². The van der Waals surface area contributed by atoms with Gasteiger partial charge in [0.2, 0.25) is 0 Å².